The number of hydrazine groups is 1. The van der Waals surface area contributed by atoms with Crippen molar-refractivity contribution in [3.05, 3.63) is 0 Å². The van der Waals surface area contributed by atoms with Crippen LogP contribution in [0.25, 0.3) is 0 Å². The van der Waals surface area contributed by atoms with Crippen molar-refractivity contribution in [2.24, 2.45) is 11.8 Å². The summed E-state index contributed by atoms with van der Waals surface area (Å²) in [7, 11) is 0. The van der Waals surface area contributed by atoms with Crippen molar-refractivity contribution >= 4 is 0 Å². The van der Waals surface area contributed by atoms with Gasteiger partial charge in [-0.25, -0.2) is 0 Å². The Bertz CT molecular complexity index is 438. The topological polar surface area (TPSA) is 63.8 Å². The fourth-order valence-electron chi connectivity index (χ4n) is 5.22. The van der Waals surface area contributed by atoms with Crippen molar-refractivity contribution in [1.29, 1.82) is 0 Å². The van der Waals surface area contributed by atoms with E-state index in [4.69, 9.17) is 14.2 Å². The van der Waals surface area contributed by atoms with Crippen LogP contribution in [-0.2, 0) is 14.2 Å². The maximum absolute atomic E-state index is 6.37. The molecule has 144 valence electrons. The third-order valence-electron chi connectivity index (χ3n) is 6.47. The highest BCUT2D eigenvalue weighted by Crippen LogP contribution is 2.37. The summed E-state index contributed by atoms with van der Waals surface area (Å²) in [6.45, 7) is 7.77. The van der Waals surface area contributed by atoms with Crippen molar-refractivity contribution in [3.8, 4) is 0 Å². The van der Waals surface area contributed by atoms with Gasteiger partial charge in [0, 0.05) is 25.2 Å². The van der Waals surface area contributed by atoms with E-state index in [1.165, 1.54) is 19.3 Å². The zero-order valence-corrected chi connectivity index (χ0v) is 15.7. The Morgan fingerprint density at radius 3 is 2.64 bits per heavy atom. The van der Waals surface area contributed by atoms with Crippen LogP contribution >= 0.6 is 0 Å². The molecule has 3 aliphatic heterocycles. The van der Waals surface area contributed by atoms with Gasteiger partial charge in [0.15, 0.2) is 0 Å². The second-order valence-corrected chi connectivity index (χ2v) is 8.55. The maximum atomic E-state index is 6.37. The fourth-order valence-corrected chi connectivity index (χ4v) is 5.22. The van der Waals surface area contributed by atoms with E-state index in [2.05, 4.69) is 30.0 Å². The predicted octanol–water partition coefficient (Wildman–Crippen LogP) is 1.21. The molecule has 0 amide bonds. The van der Waals surface area contributed by atoms with Gasteiger partial charge in [0.1, 0.15) is 0 Å². The van der Waals surface area contributed by atoms with Crippen molar-refractivity contribution < 1.29 is 14.2 Å². The SMILES string of the molecule is C[C@@H]1CCOC[C@H](C)OC2CNCC(C2)C2NNC3CCC(CC32)O1. The normalized spacial score (nSPS) is 49.2. The van der Waals surface area contributed by atoms with Crippen LogP contribution in [0.15, 0.2) is 0 Å². The third kappa shape index (κ3) is 4.37. The van der Waals surface area contributed by atoms with E-state index < -0.39 is 0 Å². The average molecular weight is 354 g/mol. The number of hydrogen-bond donors (Lipinski definition) is 3. The van der Waals surface area contributed by atoms with Gasteiger partial charge in [-0.15, -0.1) is 0 Å². The molecule has 4 rings (SSSR count). The second-order valence-electron chi connectivity index (χ2n) is 8.55. The molecular weight excluding hydrogens is 318 g/mol. The Hall–Kier alpha value is -0.240. The summed E-state index contributed by atoms with van der Waals surface area (Å²) in [4.78, 5) is 0. The molecule has 3 heterocycles. The molecule has 1 saturated carbocycles. The Kier molecular flexibility index (Phi) is 5.94. The van der Waals surface area contributed by atoms with Crippen LogP contribution in [0, 0.1) is 11.8 Å². The molecule has 8 atom stereocenters. The lowest BCUT2D eigenvalue weighted by Gasteiger charge is -2.39. The highest BCUT2D eigenvalue weighted by Gasteiger charge is 2.45. The lowest BCUT2D eigenvalue weighted by molar-refractivity contribution is -0.0696. The summed E-state index contributed by atoms with van der Waals surface area (Å²) in [5.74, 6) is 1.27. The largest absolute Gasteiger partial charge is 0.379 e. The van der Waals surface area contributed by atoms with Crippen molar-refractivity contribution in [1.82, 2.24) is 16.2 Å². The third-order valence-corrected chi connectivity index (χ3v) is 6.47. The summed E-state index contributed by atoms with van der Waals surface area (Å²) in [6, 6.07) is 1.11. The Morgan fingerprint density at radius 1 is 0.840 bits per heavy atom. The first-order valence-electron chi connectivity index (χ1n) is 10.3. The number of piperidine rings is 1. The van der Waals surface area contributed by atoms with E-state index in [-0.39, 0.29) is 18.3 Å². The molecule has 25 heavy (non-hydrogen) atoms. The van der Waals surface area contributed by atoms with Crippen LogP contribution in [0.2, 0.25) is 0 Å². The first kappa shape index (κ1) is 18.1. The molecule has 4 bridgehead atoms. The summed E-state index contributed by atoms with van der Waals surface area (Å²) < 4.78 is 18.5. The summed E-state index contributed by atoms with van der Waals surface area (Å²) in [6.07, 6.45) is 6.73. The Balaban J connectivity index is 1.48. The quantitative estimate of drug-likeness (QED) is 0.608. The Labute approximate surface area is 151 Å². The number of fused-ring (bicyclic) bond motifs is 4. The first-order valence-corrected chi connectivity index (χ1v) is 10.3. The van der Waals surface area contributed by atoms with Crippen LogP contribution in [-0.4, -0.2) is 62.8 Å². The van der Waals surface area contributed by atoms with Crippen LogP contribution in [0.3, 0.4) is 0 Å². The van der Waals surface area contributed by atoms with Gasteiger partial charge in [-0.3, -0.25) is 10.9 Å². The van der Waals surface area contributed by atoms with Crippen LogP contribution in [0.1, 0.15) is 46.0 Å². The van der Waals surface area contributed by atoms with E-state index in [9.17, 15) is 0 Å². The predicted molar refractivity (Wildman–Crippen MR) is 96.3 cm³/mol. The molecule has 0 spiro atoms. The van der Waals surface area contributed by atoms with Gasteiger partial charge in [-0.05, 0) is 64.3 Å². The minimum absolute atomic E-state index is 0.147. The molecule has 6 nitrogen and oxygen atoms in total. The van der Waals surface area contributed by atoms with Crippen molar-refractivity contribution in [2.45, 2.75) is 82.5 Å². The monoisotopic (exact) mass is 353 g/mol. The number of hydrogen-bond acceptors (Lipinski definition) is 6. The van der Waals surface area contributed by atoms with Crippen molar-refractivity contribution in [3.63, 3.8) is 0 Å². The second kappa shape index (κ2) is 8.19. The van der Waals surface area contributed by atoms with Crippen LogP contribution in [0.4, 0.5) is 0 Å². The molecule has 0 aromatic carbocycles. The molecule has 6 unspecified atom stereocenters. The molecule has 1 aliphatic carbocycles. The van der Waals surface area contributed by atoms with Crippen molar-refractivity contribution in [2.75, 3.05) is 26.3 Å². The average Bonchev–Trinajstić information content (AvgIpc) is 3.01. The lowest BCUT2D eigenvalue weighted by Crippen LogP contribution is -2.51. The van der Waals surface area contributed by atoms with Crippen LogP contribution in [0.5, 0.6) is 0 Å². The minimum Gasteiger partial charge on any atom is -0.379 e. The van der Waals surface area contributed by atoms with Gasteiger partial charge < -0.3 is 19.5 Å². The molecule has 4 fully saturated rings. The smallest absolute Gasteiger partial charge is 0.0784 e. The van der Waals surface area contributed by atoms with Crippen LogP contribution < -0.4 is 16.2 Å². The molecule has 3 saturated heterocycles. The maximum Gasteiger partial charge on any atom is 0.0784 e. The van der Waals surface area contributed by atoms with Gasteiger partial charge in [-0.2, -0.15) is 0 Å². The molecule has 0 aromatic heterocycles. The van der Waals surface area contributed by atoms with E-state index in [0.717, 1.165) is 32.5 Å². The summed E-state index contributed by atoms with van der Waals surface area (Å²) in [5, 5.41) is 3.60. The molecule has 0 aromatic rings. The molecule has 6 heteroatoms. The highest BCUT2D eigenvalue weighted by atomic mass is 16.5. The van der Waals surface area contributed by atoms with Gasteiger partial charge in [-0.1, -0.05) is 0 Å². The number of nitrogens with one attached hydrogen (secondary N) is 3. The zero-order valence-electron chi connectivity index (χ0n) is 15.7. The zero-order chi connectivity index (χ0) is 17.2. The molecule has 4 aliphatic rings. The first-order chi connectivity index (χ1) is 12.2. The van der Waals surface area contributed by atoms with Gasteiger partial charge in [0.25, 0.3) is 0 Å². The fraction of sp³-hybridized carbons (Fsp3) is 1.00. The van der Waals surface area contributed by atoms with Gasteiger partial charge in [0.05, 0.1) is 31.0 Å². The summed E-state index contributed by atoms with van der Waals surface area (Å²) in [5.41, 5.74) is 7.21. The van der Waals surface area contributed by atoms with E-state index in [0.29, 0.717) is 36.6 Å². The number of ether oxygens (including phenoxy) is 3. The molecule has 0 radical (unpaired) electrons. The van der Waals surface area contributed by atoms with Gasteiger partial charge in [0.2, 0.25) is 0 Å². The van der Waals surface area contributed by atoms with E-state index in [1.54, 1.807) is 0 Å². The van der Waals surface area contributed by atoms with E-state index in [1.807, 2.05) is 0 Å². The standard InChI is InChI=1S/C19H35N3O3/c1-12-5-6-23-11-13(2)25-16-7-14(9-20-10-16)19-17-8-15(24-12)3-4-18(17)21-22-19/h12-22H,3-11H2,1-2H3/t12-,13+,14?,15?,16?,17?,18?,19?/m1/s1. The van der Waals surface area contributed by atoms with Gasteiger partial charge >= 0.3 is 0 Å². The van der Waals surface area contributed by atoms with E-state index >= 15 is 0 Å². The Morgan fingerprint density at radius 2 is 1.72 bits per heavy atom. The molecule has 3 N–H and O–H groups in total. The lowest BCUT2D eigenvalue weighted by atomic mass is 9.74. The summed E-state index contributed by atoms with van der Waals surface area (Å²) >= 11 is 0. The molecular formula is C19H35N3O3. The minimum atomic E-state index is 0.147. The highest BCUT2D eigenvalue weighted by molar-refractivity contribution is 5.00. The number of rotatable bonds is 0.